The van der Waals surface area contributed by atoms with Crippen LogP contribution >= 0.6 is 0 Å². The predicted molar refractivity (Wildman–Crippen MR) is 73.7 cm³/mol. The van der Waals surface area contributed by atoms with Crippen molar-refractivity contribution in [3.63, 3.8) is 0 Å². The first-order valence-electron chi connectivity index (χ1n) is 7.19. The topological polar surface area (TPSA) is 71.9 Å². The first-order valence-corrected chi connectivity index (χ1v) is 7.19. The number of rotatable bonds is 4. The molecule has 110 valence electrons. The molecule has 0 N–H and O–H groups in total. The van der Waals surface area contributed by atoms with E-state index in [0.29, 0.717) is 23.6 Å². The summed E-state index contributed by atoms with van der Waals surface area (Å²) in [6, 6.07) is 2.18. The van der Waals surface area contributed by atoms with Crippen LogP contribution in [0.15, 0.2) is 4.52 Å². The molecule has 1 atom stereocenters. The molecule has 5 nitrogen and oxygen atoms in total. The number of nitriles is 1. The fourth-order valence-corrected chi connectivity index (χ4v) is 2.68. The normalized spacial score (nSPS) is 22.1. The third-order valence-electron chi connectivity index (χ3n) is 4.38. The van der Waals surface area contributed by atoms with Crippen molar-refractivity contribution in [1.82, 2.24) is 10.1 Å². The van der Waals surface area contributed by atoms with Crippen LogP contribution < -0.4 is 0 Å². The van der Waals surface area contributed by atoms with Gasteiger partial charge in [0.25, 0.3) is 0 Å². The fraction of sp³-hybridized carbons (Fsp3) is 0.800. The van der Waals surface area contributed by atoms with Gasteiger partial charge >= 0.3 is 0 Å². The lowest BCUT2D eigenvalue weighted by atomic mass is 9.70. The van der Waals surface area contributed by atoms with Gasteiger partial charge in [-0.25, -0.2) is 0 Å². The zero-order valence-corrected chi connectivity index (χ0v) is 12.8. The van der Waals surface area contributed by atoms with E-state index in [-0.39, 0.29) is 5.92 Å². The van der Waals surface area contributed by atoms with Crippen molar-refractivity contribution in [3.8, 4) is 6.07 Å². The summed E-state index contributed by atoms with van der Waals surface area (Å²) in [5, 5.41) is 12.9. The van der Waals surface area contributed by atoms with Gasteiger partial charge < -0.3 is 9.26 Å². The lowest BCUT2D eigenvalue weighted by Gasteiger charge is -2.40. The van der Waals surface area contributed by atoms with E-state index in [1.807, 2.05) is 6.92 Å². The van der Waals surface area contributed by atoms with Gasteiger partial charge in [0.15, 0.2) is 0 Å². The molecule has 20 heavy (non-hydrogen) atoms. The highest BCUT2D eigenvalue weighted by Crippen LogP contribution is 2.46. The molecule has 5 heteroatoms. The Bertz CT molecular complexity index is 491. The largest absolute Gasteiger partial charge is 0.370 e. The highest BCUT2D eigenvalue weighted by molar-refractivity contribution is 5.06. The Hall–Kier alpha value is -1.41. The minimum atomic E-state index is -0.423. The van der Waals surface area contributed by atoms with Crippen LogP contribution in [0.1, 0.15) is 58.2 Å². The molecule has 0 aromatic carbocycles. The van der Waals surface area contributed by atoms with E-state index in [1.54, 1.807) is 7.11 Å². The summed E-state index contributed by atoms with van der Waals surface area (Å²) >= 11 is 0. The van der Waals surface area contributed by atoms with Gasteiger partial charge in [-0.2, -0.15) is 10.2 Å². The molecule has 0 aliphatic heterocycles. The van der Waals surface area contributed by atoms with Gasteiger partial charge in [-0.05, 0) is 38.0 Å². The summed E-state index contributed by atoms with van der Waals surface area (Å²) in [5.41, 5.74) is -0.0724. The van der Waals surface area contributed by atoms with Gasteiger partial charge in [0, 0.05) is 13.5 Å². The molecular weight excluding hydrogens is 254 g/mol. The van der Waals surface area contributed by atoms with Crippen LogP contribution in [-0.2, 0) is 16.8 Å². The Labute approximate surface area is 120 Å². The summed E-state index contributed by atoms with van der Waals surface area (Å²) in [6.45, 7) is 6.41. The maximum Gasteiger partial charge on any atom is 0.228 e. The Balaban J connectivity index is 2.15. The zero-order chi connectivity index (χ0) is 14.8. The molecule has 1 saturated carbocycles. The summed E-state index contributed by atoms with van der Waals surface area (Å²) in [4.78, 5) is 4.46. The van der Waals surface area contributed by atoms with Crippen molar-refractivity contribution in [2.75, 3.05) is 7.11 Å². The van der Waals surface area contributed by atoms with Crippen molar-refractivity contribution in [2.24, 2.45) is 11.3 Å². The van der Waals surface area contributed by atoms with Gasteiger partial charge in [-0.15, -0.1) is 0 Å². The highest BCUT2D eigenvalue weighted by atomic mass is 16.5. The predicted octanol–water partition coefficient (Wildman–Crippen LogP) is 3.21. The van der Waals surface area contributed by atoms with Crippen LogP contribution in [0.25, 0.3) is 0 Å². The van der Waals surface area contributed by atoms with E-state index in [1.165, 1.54) is 0 Å². The fourth-order valence-electron chi connectivity index (χ4n) is 2.68. The summed E-state index contributed by atoms with van der Waals surface area (Å²) < 4.78 is 11.0. The molecule has 1 fully saturated rings. The molecule has 1 aromatic rings. The number of aromatic nitrogens is 2. The Morgan fingerprint density at radius 3 is 2.55 bits per heavy atom. The Morgan fingerprint density at radius 1 is 1.35 bits per heavy atom. The minimum absolute atomic E-state index is 0.118. The molecular formula is C15H23N3O2. The standard InChI is InChI=1S/C15H23N3O2/c1-11(10-16)9-12-17-13(18-20-12)15(19-4)7-5-14(2,3)6-8-15/h11H,5-9H2,1-4H3. The lowest BCUT2D eigenvalue weighted by molar-refractivity contribution is -0.0740. The smallest absolute Gasteiger partial charge is 0.228 e. The SMILES string of the molecule is COC1(c2noc(CC(C)C#N)n2)CCC(C)(C)CC1. The van der Waals surface area contributed by atoms with Crippen LogP contribution in [0.4, 0.5) is 0 Å². The average Bonchev–Trinajstić information content (AvgIpc) is 2.88. The van der Waals surface area contributed by atoms with Crippen molar-refractivity contribution in [1.29, 1.82) is 5.26 Å². The molecule has 1 aromatic heterocycles. The minimum Gasteiger partial charge on any atom is -0.370 e. The number of hydrogen-bond donors (Lipinski definition) is 0. The van der Waals surface area contributed by atoms with Crippen LogP contribution in [0.3, 0.4) is 0 Å². The molecule has 1 unspecified atom stereocenters. The van der Waals surface area contributed by atoms with Crippen molar-refractivity contribution in [3.05, 3.63) is 11.7 Å². The van der Waals surface area contributed by atoms with E-state index in [4.69, 9.17) is 14.5 Å². The monoisotopic (exact) mass is 277 g/mol. The van der Waals surface area contributed by atoms with Crippen LogP contribution in [0, 0.1) is 22.7 Å². The lowest BCUT2D eigenvalue weighted by Crippen LogP contribution is -2.37. The van der Waals surface area contributed by atoms with Crippen molar-refractivity contribution >= 4 is 0 Å². The maximum absolute atomic E-state index is 8.84. The van der Waals surface area contributed by atoms with Crippen molar-refractivity contribution in [2.45, 2.75) is 58.5 Å². The molecule has 1 aliphatic carbocycles. The number of ether oxygens (including phenoxy) is 1. The van der Waals surface area contributed by atoms with Crippen molar-refractivity contribution < 1.29 is 9.26 Å². The quantitative estimate of drug-likeness (QED) is 0.845. The third-order valence-corrected chi connectivity index (χ3v) is 4.38. The molecule has 1 heterocycles. The van der Waals surface area contributed by atoms with Crippen LogP contribution in [0.2, 0.25) is 0 Å². The third kappa shape index (κ3) is 3.01. The molecule has 0 saturated heterocycles. The van der Waals surface area contributed by atoms with Gasteiger partial charge in [-0.3, -0.25) is 0 Å². The molecule has 0 radical (unpaired) electrons. The second-order valence-corrected chi connectivity index (χ2v) is 6.61. The first kappa shape index (κ1) is 15.0. The molecule has 0 amide bonds. The zero-order valence-electron chi connectivity index (χ0n) is 12.8. The van der Waals surface area contributed by atoms with Gasteiger partial charge in [-0.1, -0.05) is 19.0 Å². The van der Waals surface area contributed by atoms with E-state index in [2.05, 4.69) is 30.1 Å². The van der Waals surface area contributed by atoms with Gasteiger partial charge in [0.1, 0.15) is 5.60 Å². The summed E-state index contributed by atoms with van der Waals surface area (Å²) in [6.07, 6.45) is 4.47. The maximum atomic E-state index is 8.84. The molecule has 2 rings (SSSR count). The van der Waals surface area contributed by atoms with E-state index < -0.39 is 5.60 Å². The molecule has 0 spiro atoms. The van der Waals surface area contributed by atoms with Gasteiger partial charge in [0.2, 0.25) is 11.7 Å². The van der Waals surface area contributed by atoms with E-state index in [0.717, 1.165) is 25.7 Å². The second-order valence-electron chi connectivity index (χ2n) is 6.61. The van der Waals surface area contributed by atoms with Gasteiger partial charge in [0.05, 0.1) is 12.0 Å². The van der Waals surface area contributed by atoms with E-state index >= 15 is 0 Å². The Kier molecular flexibility index (Phi) is 4.14. The molecule has 0 bridgehead atoms. The summed E-state index contributed by atoms with van der Waals surface area (Å²) in [5.74, 6) is 1.04. The van der Waals surface area contributed by atoms with Crippen LogP contribution in [-0.4, -0.2) is 17.3 Å². The van der Waals surface area contributed by atoms with Crippen LogP contribution in [0.5, 0.6) is 0 Å². The Morgan fingerprint density at radius 2 is 2.00 bits per heavy atom. The average molecular weight is 277 g/mol. The van der Waals surface area contributed by atoms with E-state index in [9.17, 15) is 0 Å². The first-order chi connectivity index (χ1) is 9.41. The molecule has 1 aliphatic rings. The number of nitrogens with zero attached hydrogens (tertiary/aromatic N) is 3. The highest BCUT2D eigenvalue weighted by Gasteiger charge is 2.43. The second kappa shape index (κ2) is 5.53. The summed E-state index contributed by atoms with van der Waals surface area (Å²) in [7, 11) is 1.71. The number of hydrogen-bond acceptors (Lipinski definition) is 5. The number of methoxy groups -OCH3 is 1.